The molecule has 0 bridgehead atoms. The van der Waals surface area contributed by atoms with Crippen LogP contribution in [0.5, 0.6) is 5.75 Å². The van der Waals surface area contributed by atoms with E-state index >= 15 is 0 Å². The van der Waals surface area contributed by atoms with Gasteiger partial charge in [-0.2, -0.15) is 0 Å². The van der Waals surface area contributed by atoms with Crippen molar-refractivity contribution in [1.82, 2.24) is 9.13 Å². The number of rotatable bonds is 6. The van der Waals surface area contributed by atoms with Crippen LogP contribution in [0.4, 0.5) is 0 Å². The lowest BCUT2D eigenvalue weighted by molar-refractivity contribution is 0.477. The van der Waals surface area contributed by atoms with Crippen molar-refractivity contribution in [3.63, 3.8) is 0 Å². The fourth-order valence-electron chi connectivity index (χ4n) is 9.83. The molecule has 0 saturated carbocycles. The Balaban J connectivity index is 1.18. The smallest absolute Gasteiger partial charge is 0.159 e. The Bertz CT molecular complexity index is 3660. The van der Waals surface area contributed by atoms with Gasteiger partial charge < -0.3 is 18.7 Å². The number of furan rings is 1. The average Bonchev–Trinajstić information content (AvgIpc) is 3.97. The summed E-state index contributed by atoms with van der Waals surface area (Å²) >= 11 is 0. The largest absolute Gasteiger partial charge is 0.507 e. The SMILES string of the molecule is CCc1c(-c2ccc3c4c5c6ccccc6n(-c6cccc(-c7ccccc7)c6)c5ccc4n(-c4cccc5c4oc4ccccc45)c3c2)cccc1-c1ccccc1O. The number of aromatic nitrogens is 2. The zero-order valence-corrected chi connectivity index (χ0v) is 32.9. The van der Waals surface area contributed by atoms with Gasteiger partial charge in [0.05, 0.1) is 27.8 Å². The van der Waals surface area contributed by atoms with Crippen LogP contribution in [-0.4, -0.2) is 14.2 Å². The molecule has 12 rings (SSSR count). The molecule has 284 valence electrons. The van der Waals surface area contributed by atoms with Crippen LogP contribution in [0.25, 0.3) is 110 Å². The fraction of sp³-hybridized carbons (Fsp3) is 0.0357. The van der Waals surface area contributed by atoms with Crippen molar-refractivity contribution in [3.8, 4) is 50.5 Å². The number of fused-ring (bicyclic) bond motifs is 10. The van der Waals surface area contributed by atoms with E-state index in [1.54, 1.807) is 6.07 Å². The molecule has 1 N–H and O–H groups in total. The zero-order chi connectivity index (χ0) is 39.9. The van der Waals surface area contributed by atoms with Gasteiger partial charge in [0.25, 0.3) is 0 Å². The first-order chi connectivity index (χ1) is 29.7. The lowest BCUT2D eigenvalue weighted by Crippen LogP contribution is -1.96. The standard InChI is InChI=1S/C56H38N2O2/c1-2-39-40(22-13-23-41(39)42-19-7-10-27-52(42)59)37-29-30-46-51(34-37)58(50-26-14-24-44-43-20-8-11-28-53(43)60-56(44)50)49-32-31-48-54(55(46)49)45-21-6-9-25-47(45)57(48)38-18-12-17-36(33-38)35-15-4-3-5-16-35/h3-34,59H,2H2,1H3. The number of para-hydroxylation sites is 4. The van der Waals surface area contributed by atoms with Crippen LogP contribution in [0, 0.1) is 0 Å². The highest BCUT2D eigenvalue weighted by molar-refractivity contribution is 6.29. The summed E-state index contributed by atoms with van der Waals surface area (Å²) in [5.74, 6) is 0.286. The molecule has 3 heterocycles. The molecule has 0 aliphatic carbocycles. The number of phenols is 1. The molecule has 0 unspecified atom stereocenters. The van der Waals surface area contributed by atoms with Crippen molar-refractivity contribution in [2.75, 3.05) is 0 Å². The minimum absolute atomic E-state index is 0.286. The maximum Gasteiger partial charge on any atom is 0.159 e. The van der Waals surface area contributed by atoms with Crippen LogP contribution in [0.3, 0.4) is 0 Å². The van der Waals surface area contributed by atoms with Gasteiger partial charge in [0.1, 0.15) is 11.3 Å². The molecular weight excluding hydrogens is 733 g/mol. The summed E-state index contributed by atoms with van der Waals surface area (Å²) in [5.41, 5.74) is 16.1. The van der Waals surface area contributed by atoms with Crippen LogP contribution in [0.15, 0.2) is 199 Å². The molecule has 0 aliphatic heterocycles. The Morgan fingerprint density at radius 1 is 0.433 bits per heavy atom. The molecule has 9 aromatic carbocycles. The van der Waals surface area contributed by atoms with Gasteiger partial charge >= 0.3 is 0 Å². The number of benzene rings is 9. The molecule has 4 heteroatoms. The van der Waals surface area contributed by atoms with E-state index < -0.39 is 0 Å². The van der Waals surface area contributed by atoms with Gasteiger partial charge in [-0.15, -0.1) is 0 Å². The normalized spacial score (nSPS) is 11.9. The summed E-state index contributed by atoms with van der Waals surface area (Å²) < 4.78 is 11.6. The third kappa shape index (κ3) is 5.04. The van der Waals surface area contributed by atoms with Gasteiger partial charge in [0.15, 0.2) is 5.58 Å². The van der Waals surface area contributed by atoms with Crippen molar-refractivity contribution in [1.29, 1.82) is 0 Å². The van der Waals surface area contributed by atoms with E-state index in [0.717, 1.165) is 84.1 Å². The van der Waals surface area contributed by atoms with Crippen molar-refractivity contribution < 1.29 is 9.52 Å². The molecule has 0 radical (unpaired) electrons. The highest BCUT2D eigenvalue weighted by Gasteiger charge is 2.24. The quantitative estimate of drug-likeness (QED) is 0.183. The summed E-state index contributed by atoms with van der Waals surface area (Å²) in [4.78, 5) is 0. The number of phenolic OH excluding ortho intramolecular Hbond substituents is 1. The molecule has 12 aromatic rings. The maximum atomic E-state index is 11.0. The first-order valence-electron chi connectivity index (χ1n) is 20.6. The number of hydrogen-bond donors (Lipinski definition) is 1. The molecule has 0 aliphatic rings. The highest BCUT2D eigenvalue weighted by Crippen LogP contribution is 2.46. The van der Waals surface area contributed by atoms with Crippen LogP contribution in [0.2, 0.25) is 0 Å². The molecule has 0 amide bonds. The Hall–Kier alpha value is -7.82. The van der Waals surface area contributed by atoms with E-state index in [2.05, 4.69) is 180 Å². The number of aromatic hydroxyl groups is 1. The predicted molar refractivity (Wildman–Crippen MR) is 250 cm³/mol. The van der Waals surface area contributed by atoms with Crippen molar-refractivity contribution in [2.45, 2.75) is 13.3 Å². The first-order valence-corrected chi connectivity index (χ1v) is 20.6. The van der Waals surface area contributed by atoms with Gasteiger partial charge in [-0.1, -0.05) is 146 Å². The van der Waals surface area contributed by atoms with Crippen LogP contribution < -0.4 is 0 Å². The fourth-order valence-corrected chi connectivity index (χ4v) is 9.83. The number of hydrogen-bond acceptors (Lipinski definition) is 2. The minimum atomic E-state index is 0.286. The van der Waals surface area contributed by atoms with E-state index in [9.17, 15) is 5.11 Å². The topological polar surface area (TPSA) is 43.2 Å². The van der Waals surface area contributed by atoms with E-state index in [0.29, 0.717) is 0 Å². The monoisotopic (exact) mass is 770 g/mol. The van der Waals surface area contributed by atoms with E-state index in [1.165, 1.54) is 38.2 Å². The molecule has 0 fully saturated rings. The van der Waals surface area contributed by atoms with Crippen LogP contribution in [0.1, 0.15) is 12.5 Å². The maximum absolute atomic E-state index is 11.0. The van der Waals surface area contributed by atoms with Gasteiger partial charge in [-0.3, -0.25) is 0 Å². The van der Waals surface area contributed by atoms with Crippen molar-refractivity contribution in [2.24, 2.45) is 0 Å². The molecule has 0 atom stereocenters. The summed E-state index contributed by atoms with van der Waals surface area (Å²) in [7, 11) is 0. The lowest BCUT2D eigenvalue weighted by Gasteiger charge is -2.16. The predicted octanol–water partition coefficient (Wildman–Crippen LogP) is 15.0. The third-order valence-corrected chi connectivity index (χ3v) is 12.4. The van der Waals surface area contributed by atoms with Gasteiger partial charge in [-0.05, 0) is 94.4 Å². The Morgan fingerprint density at radius 3 is 1.93 bits per heavy atom. The van der Waals surface area contributed by atoms with Crippen LogP contribution in [-0.2, 0) is 6.42 Å². The van der Waals surface area contributed by atoms with E-state index in [4.69, 9.17) is 4.42 Å². The lowest BCUT2D eigenvalue weighted by atomic mass is 9.89. The van der Waals surface area contributed by atoms with Gasteiger partial charge in [0, 0.05) is 43.6 Å². The van der Waals surface area contributed by atoms with E-state index in [1.807, 2.05) is 24.3 Å². The van der Waals surface area contributed by atoms with Crippen molar-refractivity contribution >= 4 is 65.6 Å². The second-order valence-electron chi connectivity index (χ2n) is 15.6. The minimum Gasteiger partial charge on any atom is -0.507 e. The summed E-state index contributed by atoms with van der Waals surface area (Å²) in [6.45, 7) is 2.20. The highest BCUT2D eigenvalue weighted by atomic mass is 16.3. The summed E-state index contributed by atoms with van der Waals surface area (Å²) in [6, 6.07) is 68.7. The second-order valence-corrected chi connectivity index (χ2v) is 15.6. The first kappa shape index (κ1) is 34.2. The Morgan fingerprint density at radius 2 is 1.08 bits per heavy atom. The molecule has 0 spiro atoms. The summed E-state index contributed by atoms with van der Waals surface area (Å²) in [5, 5.41) is 18.0. The molecule has 60 heavy (non-hydrogen) atoms. The third-order valence-electron chi connectivity index (χ3n) is 12.4. The average molecular weight is 771 g/mol. The van der Waals surface area contributed by atoms with Gasteiger partial charge in [-0.25, -0.2) is 0 Å². The van der Waals surface area contributed by atoms with Crippen LogP contribution >= 0.6 is 0 Å². The number of nitrogens with zero attached hydrogens (tertiary/aromatic N) is 2. The molecule has 4 nitrogen and oxygen atoms in total. The van der Waals surface area contributed by atoms with Gasteiger partial charge in [0.2, 0.25) is 0 Å². The Kier molecular flexibility index (Phi) is 7.63. The molecular formula is C56H38N2O2. The van der Waals surface area contributed by atoms with E-state index in [-0.39, 0.29) is 5.75 Å². The zero-order valence-electron chi connectivity index (χ0n) is 32.9. The molecule has 3 aromatic heterocycles. The second kappa shape index (κ2) is 13.4. The van der Waals surface area contributed by atoms with Crippen molar-refractivity contribution in [3.05, 3.63) is 200 Å². The summed E-state index contributed by atoms with van der Waals surface area (Å²) in [6.07, 6.45) is 0.810. The Labute approximate surface area is 346 Å². The molecule has 0 saturated heterocycles.